The van der Waals surface area contributed by atoms with E-state index in [1.807, 2.05) is 0 Å². The summed E-state index contributed by atoms with van der Waals surface area (Å²) in [7, 11) is 19.8. The van der Waals surface area contributed by atoms with Crippen molar-refractivity contribution < 1.29 is 99.8 Å². The summed E-state index contributed by atoms with van der Waals surface area (Å²) in [6, 6.07) is 0. The topological polar surface area (TPSA) is 205 Å². The highest BCUT2D eigenvalue weighted by Crippen LogP contribution is 2.38. The van der Waals surface area contributed by atoms with E-state index in [9.17, 15) is 5.11 Å². The second-order valence-corrected chi connectivity index (χ2v) is 14.1. The molecule has 0 saturated carbocycles. The Morgan fingerprint density at radius 3 is 0.810 bits per heavy atom. The fourth-order valence-corrected chi connectivity index (χ4v) is 8.39. The molecule has 0 unspecified atom stereocenters. The van der Waals surface area contributed by atoms with Gasteiger partial charge in [0.15, 0.2) is 25.2 Å². The first-order valence-electron chi connectivity index (χ1n) is 19.1. The average Bonchev–Trinajstić information content (AvgIpc) is 3.21. The summed E-state index contributed by atoms with van der Waals surface area (Å²) in [6.45, 7) is 0.449. The molecule has 4 saturated heterocycles. The van der Waals surface area contributed by atoms with Crippen LogP contribution in [0.1, 0.15) is 0 Å². The maximum atomic E-state index is 10.9. The molecule has 4 rings (SSSR count). The van der Waals surface area contributed by atoms with Crippen LogP contribution in [-0.2, 0) is 94.7 Å². The molecule has 0 aliphatic carbocycles. The van der Waals surface area contributed by atoms with Gasteiger partial charge in [-0.2, -0.15) is 0 Å². The lowest BCUT2D eigenvalue weighted by atomic mass is 9.95. The molecule has 0 aromatic carbocycles. The summed E-state index contributed by atoms with van der Waals surface area (Å²) >= 11 is 0. The Hall–Kier alpha value is -0.840. The Bertz CT molecular complexity index is 1130. The summed E-state index contributed by atoms with van der Waals surface area (Å²) in [6.07, 6.45) is -17.5. The lowest BCUT2D eigenvalue weighted by molar-refractivity contribution is -0.396. The van der Waals surface area contributed by atoms with Crippen molar-refractivity contribution >= 4 is 0 Å². The van der Waals surface area contributed by atoms with Gasteiger partial charge in [0.25, 0.3) is 0 Å². The lowest BCUT2D eigenvalue weighted by Crippen LogP contribution is -2.69. The zero-order chi connectivity index (χ0) is 42.5. The van der Waals surface area contributed by atoms with Gasteiger partial charge in [-0.25, -0.2) is 0 Å². The molecule has 4 aliphatic rings. The molecule has 4 fully saturated rings. The van der Waals surface area contributed by atoms with Gasteiger partial charge in [-0.1, -0.05) is 0 Å². The monoisotopic (exact) mass is 848 g/mol. The molecular formula is C37H68O21. The largest absolute Gasteiger partial charge is 0.382 e. The first-order valence-corrected chi connectivity index (χ1v) is 19.1. The van der Waals surface area contributed by atoms with Crippen molar-refractivity contribution in [3.05, 3.63) is 0 Å². The summed E-state index contributed by atoms with van der Waals surface area (Å²) in [4.78, 5) is 0. The fourth-order valence-electron chi connectivity index (χ4n) is 8.39. The molecule has 1 N–H and O–H groups in total. The quantitative estimate of drug-likeness (QED) is 0.128. The van der Waals surface area contributed by atoms with E-state index in [1.54, 1.807) is 28.4 Å². The summed E-state index contributed by atoms with van der Waals surface area (Å²) in [5.74, 6) is 0. The van der Waals surface area contributed by atoms with E-state index in [2.05, 4.69) is 0 Å². The Morgan fingerprint density at radius 1 is 0.293 bits per heavy atom. The van der Waals surface area contributed by atoms with Crippen molar-refractivity contribution in [3.63, 3.8) is 0 Å². The third kappa shape index (κ3) is 11.0. The van der Waals surface area contributed by atoms with E-state index in [-0.39, 0.29) is 26.4 Å². The van der Waals surface area contributed by atoms with Gasteiger partial charge in [-0.05, 0) is 0 Å². The average molecular weight is 849 g/mol. The second kappa shape index (κ2) is 24.7. The minimum Gasteiger partial charge on any atom is -0.382 e. The van der Waals surface area contributed by atoms with Gasteiger partial charge in [0.05, 0.1) is 26.4 Å². The maximum Gasteiger partial charge on any atom is 0.187 e. The Kier molecular flexibility index (Phi) is 21.2. The van der Waals surface area contributed by atoms with Crippen LogP contribution in [0.3, 0.4) is 0 Å². The summed E-state index contributed by atoms with van der Waals surface area (Å²) in [5, 5.41) is 10.9. The molecule has 21 nitrogen and oxygen atoms in total. The highest BCUT2D eigenvalue weighted by Gasteiger charge is 2.58. The van der Waals surface area contributed by atoms with Gasteiger partial charge in [0.2, 0.25) is 0 Å². The summed E-state index contributed by atoms with van der Waals surface area (Å²) in [5.41, 5.74) is 0. The van der Waals surface area contributed by atoms with Crippen LogP contribution in [0.25, 0.3) is 0 Å². The zero-order valence-electron chi connectivity index (χ0n) is 36.0. The zero-order valence-corrected chi connectivity index (χ0v) is 36.0. The van der Waals surface area contributed by atoms with E-state index in [4.69, 9.17) is 94.7 Å². The fraction of sp³-hybridized carbons (Fsp3) is 1.00. The number of rotatable bonds is 23. The molecule has 20 atom stereocenters. The first kappa shape index (κ1) is 49.8. The van der Waals surface area contributed by atoms with Gasteiger partial charge >= 0.3 is 0 Å². The highest BCUT2D eigenvalue weighted by molar-refractivity contribution is 5.00. The highest BCUT2D eigenvalue weighted by atomic mass is 16.8. The maximum absolute atomic E-state index is 10.9. The number of aliphatic hydroxyl groups is 1. The van der Waals surface area contributed by atoms with Crippen LogP contribution in [0.5, 0.6) is 0 Å². The second-order valence-electron chi connectivity index (χ2n) is 14.1. The molecule has 0 radical (unpaired) electrons. The van der Waals surface area contributed by atoms with Gasteiger partial charge in [-0.15, -0.1) is 0 Å². The van der Waals surface area contributed by atoms with Crippen molar-refractivity contribution in [2.45, 2.75) is 123 Å². The lowest BCUT2D eigenvalue weighted by Gasteiger charge is -2.52. The number of methoxy groups -OCH3 is 13. The van der Waals surface area contributed by atoms with Crippen LogP contribution < -0.4 is 0 Å². The van der Waals surface area contributed by atoms with E-state index < -0.39 is 123 Å². The molecule has 4 aliphatic heterocycles. The Morgan fingerprint density at radius 2 is 0.534 bits per heavy atom. The Labute approximate surface area is 341 Å². The minimum atomic E-state index is -1.38. The normalized spacial score (nSPS) is 43.8. The molecule has 0 spiro atoms. The predicted octanol–water partition coefficient (Wildman–Crippen LogP) is -1.25. The van der Waals surface area contributed by atoms with E-state index >= 15 is 0 Å². The van der Waals surface area contributed by atoms with E-state index in [0.29, 0.717) is 0 Å². The van der Waals surface area contributed by atoms with Gasteiger partial charge in [0, 0.05) is 92.4 Å². The molecule has 58 heavy (non-hydrogen) atoms. The van der Waals surface area contributed by atoms with Crippen molar-refractivity contribution in [3.8, 4) is 0 Å². The molecule has 0 aromatic heterocycles. The molecular weight excluding hydrogens is 780 g/mol. The van der Waals surface area contributed by atoms with Gasteiger partial charge in [0.1, 0.15) is 97.7 Å². The first-order chi connectivity index (χ1) is 28.1. The number of aliphatic hydroxyl groups excluding tert-OH is 1. The van der Waals surface area contributed by atoms with E-state index in [1.165, 1.54) is 64.0 Å². The number of ether oxygens (including phenoxy) is 20. The Balaban J connectivity index is 1.72. The molecule has 21 heteroatoms. The van der Waals surface area contributed by atoms with Crippen molar-refractivity contribution in [2.75, 3.05) is 119 Å². The van der Waals surface area contributed by atoms with Crippen molar-refractivity contribution in [1.29, 1.82) is 0 Å². The molecule has 0 aromatic rings. The van der Waals surface area contributed by atoms with E-state index in [0.717, 1.165) is 0 Å². The number of hydrogen-bond acceptors (Lipinski definition) is 21. The van der Waals surface area contributed by atoms with Crippen molar-refractivity contribution in [1.82, 2.24) is 0 Å². The van der Waals surface area contributed by atoms with Crippen molar-refractivity contribution in [2.24, 2.45) is 0 Å². The standard InChI is InChI=1S/C37H68O21/c1-39-14-18-23(44-6)27(30(48-10)34(38)52-18)56-36-32(50-12)29(25(46-8)20(54-36)16-41-3)58-37-33(51-13)28(24(45-7)21(55-37)17-42-4)57-35-31(49-11)26(47-9)22(43-5)19(53-35)15-40-2/h18-38H,14-17H2,1-13H3/t18-,19-,20-,21-,22-,23-,24-,25-,26+,27+,28+,29+,30-,31-,32-,33-,34+,35+,36+,37+/m1/s1. The van der Waals surface area contributed by atoms with Gasteiger partial charge < -0.3 is 99.8 Å². The molecule has 0 amide bonds. The van der Waals surface area contributed by atoms with Crippen LogP contribution in [0.2, 0.25) is 0 Å². The van der Waals surface area contributed by atoms with Crippen LogP contribution in [0, 0.1) is 0 Å². The third-order valence-corrected chi connectivity index (χ3v) is 11.0. The SMILES string of the molecule is COC[C@H]1O[C@H](O)[C@H](OC)[C@@H](O[C@@H]2O[C@H](COC)[C@@H](OC)[C@H](O[C@@H]3O[C@H](COC)[C@@H](OC)[C@H](O[C@@H]4O[C@H](COC)[C@@H](OC)[C@H](OC)[C@H]4OC)[C@H]3OC)[C@H]2OC)[C@@H]1OC. The van der Waals surface area contributed by atoms with Crippen LogP contribution >= 0.6 is 0 Å². The molecule has 342 valence electrons. The number of hydrogen-bond donors (Lipinski definition) is 1. The third-order valence-electron chi connectivity index (χ3n) is 11.0. The molecule has 4 heterocycles. The predicted molar refractivity (Wildman–Crippen MR) is 196 cm³/mol. The van der Waals surface area contributed by atoms with Crippen LogP contribution in [0.15, 0.2) is 0 Å². The van der Waals surface area contributed by atoms with Gasteiger partial charge in [-0.3, -0.25) is 0 Å². The van der Waals surface area contributed by atoms with Crippen LogP contribution in [-0.4, -0.2) is 247 Å². The molecule has 0 bridgehead atoms. The smallest absolute Gasteiger partial charge is 0.187 e. The van der Waals surface area contributed by atoms with Crippen LogP contribution in [0.4, 0.5) is 0 Å². The summed E-state index contributed by atoms with van der Waals surface area (Å²) < 4.78 is 121. The minimum absolute atomic E-state index is 0.0744.